The van der Waals surface area contributed by atoms with Crippen LogP contribution in [0.2, 0.25) is 0 Å². The van der Waals surface area contributed by atoms with Gasteiger partial charge in [0.05, 0.1) is 0 Å². The lowest BCUT2D eigenvalue weighted by Crippen LogP contribution is -2.22. The predicted molar refractivity (Wildman–Crippen MR) is 107 cm³/mol. The number of rotatable bonds is 1. The van der Waals surface area contributed by atoms with E-state index in [-0.39, 0.29) is 16.2 Å². The van der Waals surface area contributed by atoms with Gasteiger partial charge in [0.15, 0.2) is 0 Å². The molecule has 24 heavy (non-hydrogen) atoms. The van der Waals surface area contributed by atoms with Gasteiger partial charge in [0.25, 0.3) is 0 Å². The zero-order valence-corrected chi connectivity index (χ0v) is 17.0. The summed E-state index contributed by atoms with van der Waals surface area (Å²) in [7, 11) is 0. The molecule has 0 aliphatic heterocycles. The highest BCUT2D eigenvalue weighted by Crippen LogP contribution is 2.43. The molecule has 0 unspecified atom stereocenters. The van der Waals surface area contributed by atoms with Gasteiger partial charge in [-0.3, -0.25) is 0 Å². The van der Waals surface area contributed by atoms with Crippen molar-refractivity contribution in [2.75, 3.05) is 0 Å². The van der Waals surface area contributed by atoms with Crippen molar-refractivity contribution in [3.63, 3.8) is 0 Å². The van der Waals surface area contributed by atoms with Crippen LogP contribution in [-0.2, 0) is 16.2 Å². The van der Waals surface area contributed by atoms with Gasteiger partial charge in [0.2, 0.25) is 0 Å². The van der Waals surface area contributed by atoms with Crippen LogP contribution < -0.4 is 0 Å². The van der Waals surface area contributed by atoms with Crippen LogP contribution in [0.4, 0.5) is 0 Å². The lowest BCUT2D eigenvalue weighted by Gasteiger charge is -2.33. The third-order valence-electron chi connectivity index (χ3n) is 4.63. The van der Waals surface area contributed by atoms with Crippen molar-refractivity contribution in [2.45, 2.75) is 78.6 Å². The Balaban J connectivity index is 2.94. The second-order valence-electron chi connectivity index (χ2n) is 9.99. The summed E-state index contributed by atoms with van der Waals surface area (Å²) in [5.74, 6) is 0. The van der Waals surface area contributed by atoms with Crippen molar-refractivity contribution in [3.05, 3.63) is 59.2 Å². The van der Waals surface area contributed by atoms with Gasteiger partial charge in [-0.25, -0.2) is 0 Å². The molecule has 1 radical (unpaired) electrons. The quantitative estimate of drug-likeness (QED) is 0.528. The summed E-state index contributed by atoms with van der Waals surface area (Å²) in [6.07, 6.45) is 0. The zero-order chi connectivity index (χ0) is 18.3. The monoisotopic (exact) mass is 321 g/mol. The molecular weight excluding hydrogens is 288 g/mol. The van der Waals surface area contributed by atoms with E-state index in [4.69, 9.17) is 0 Å². The molecular formula is C24H33. The van der Waals surface area contributed by atoms with Gasteiger partial charge in [-0.15, -0.1) is 0 Å². The minimum atomic E-state index is 0.0934. The highest BCUT2D eigenvalue weighted by molar-refractivity contribution is 5.74. The first kappa shape index (κ1) is 18.8. The molecule has 0 heteroatoms. The molecule has 2 aromatic carbocycles. The first-order valence-electron chi connectivity index (χ1n) is 8.98. The van der Waals surface area contributed by atoms with Crippen molar-refractivity contribution in [3.8, 4) is 11.1 Å². The molecule has 0 N–H and O–H groups in total. The lowest BCUT2D eigenvalue weighted by atomic mass is 9.71. The topological polar surface area (TPSA) is 0 Å². The Morgan fingerprint density at radius 3 is 1.38 bits per heavy atom. The van der Waals surface area contributed by atoms with Gasteiger partial charge in [-0.05, 0) is 50.1 Å². The van der Waals surface area contributed by atoms with Gasteiger partial charge >= 0.3 is 0 Å². The average Bonchev–Trinajstić information content (AvgIpc) is 2.44. The van der Waals surface area contributed by atoms with Crippen LogP contribution in [0.5, 0.6) is 0 Å². The van der Waals surface area contributed by atoms with Gasteiger partial charge in [0, 0.05) is 0 Å². The molecule has 0 spiro atoms. The maximum absolute atomic E-state index is 3.15. The van der Waals surface area contributed by atoms with E-state index >= 15 is 0 Å². The van der Waals surface area contributed by atoms with Crippen LogP contribution in [0.15, 0.2) is 36.4 Å². The Morgan fingerprint density at radius 1 is 0.625 bits per heavy atom. The van der Waals surface area contributed by atoms with E-state index in [2.05, 4.69) is 92.6 Å². The Labute approximate surface area is 149 Å². The SMILES string of the molecule is CC(C)(C)c1cc(C(C)(C)C)c(-c2cc[c]cc2)c(C(C)(C)C)c1. The standard InChI is InChI=1S/C24H33/c1-22(2,3)18-15-19(23(4,5)6)21(17-13-11-10-12-14-17)20(16-18)24(7,8)9/h11-16H,1-9H3. The normalized spacial score (nSPS) is 13.2. The van der Waals surface area contributed by atoms with Crippen LogP contribution in [0.25, 0.3) is 11.1 Å². The average molecular weight is 322 g/mol. The van der Waals surface area contributed by atoms with Gasteiger partial charge in [0.1, 0.15) is 0 Å². The predicted octanol–water partition coefficient (Wildman–Crippen LogP) is 7.05. The zero-order valence-electron chi connectivity index (χ0n) is 17.0. The molecule has 0 aliphatic rings. The van der Waals surface area contributed by atoms with E-state index in [1.54, 1.807) is 0 Å². The molecule has 129 valence electrons. The van der Waals surface area contributed by atoms with Gasteiger partial charge in [-0.1, -0.05) is 98.7 Å². The highest BCUT2D eigenvalue weighted by Gasteiger charge is 2.29. The summed E-state index contributed by atoms with van der Waals surface area (Å²) in [5.41, 5.74) is 7.32. The summed E-state index contributed by atoms with van der Waals surface area (Å²) in [6, 6.07) is 16.4. The summed E-state index contributed by atoms with van der Waals surface area (Å²) in [4.78, 5) is 0. The fraction of sp³-hybridized carbons (Fsp3) is 0.500. The van der Waals surface area contributed by atoms with Crippen molar-refractivity contribution in [2.24, 2.45) is 0 Å². The summed E-state index contributed by atoms with van der Waals surface area (Å²) in [5, 5.41) is 0. The highest BCUT2D eigenvalue weighted by atomic mass is 14.3. The second kappa shape index (κ2) is 6.06. The van der Waals surface area contributed by atoms with E-state index < -0.39 is 0 Å². The van der Waals surface area contributed by atoms with Crippen molar-refractivity contribution >= 4 is 0 Å². The maximum atomic E-state index is 3.15. The summed E-state index contributed by atoms with van der Waals surface area (Å²) >= 11 is 0. The first-order valence-corrected chi connectivity index (χ1v) is 8.98. The first-order chi connectivity index (χ1) is 10.8. The van der Waals surface area contributed by atoms with Crippen molar-refractivity contribution in [1.29, 1.82) is 0 Å². The summed E-state index contributed by atoms with van der Waals surface area (Å²) in [6.45, 7) is 20.8. The van der Waals surface area contributed by atoms with Crippen LogP contribution in [-0.4, -0.2) is 0 Å². The Bertz CT molecular complexity index is 663. The van der Waals surface area contributed by atoms with Gasteiger partial charge < -0.3 is 0 Å². The Kier molecular flexibility index (Phi) is 4.74. The molecule has 0 bridgehead atoms. The molecule has 0 aromatic heterocycles. The Hall–Kier alpha value is -1.56. The molecule has 0 nitrogen and oxygen atoms in total. The molecule has 0 saturated heterocycles. The number of benzene rings is 2. The minimum Gasteiger partial charge on any atom is -0.0561 e. The van der Waals surface area contributed by atoms with Crippen molar-refractivity contribution in [1.82, 2.24) is 0 Å². The van der Waals surface area contributed by atoms with E-state index in [1.165, 1.54) is 27.8 Å². The third-order valence-corrected chi connectivity index (χ3v) is 4.63. The molecule has 0 fully saturated rings. The maximum Gasteiger partial charge on any atom is -0.0109 e. The van der Waals surface area contributed by atoms with E-state index in [0.29, 0.717) is 0 Å². The largest absolute Gasteiger partial charge is 0.0561 e. The van der Waals surface area contributed by atoms with Crippen molar-refractivity contribution < 1.29 is 0 Å². The molecule has 0 heterocycles. The molecule has 0 aliphatic carbocycles. The van der Waals surface area contributed by atoms with Crippen LogP contribution in [0.3, 0.4) is 0 Å². The van der Waals surface area contributed by atoms with Crippen LogP contribution >= 0.6 is 0 Å². The lowest BCUT2D eigenvalue weighted by molar-refractivity contribution is 0.550. The van der Waals surface area contributed by atoms with E-state index in [1.807, 2.05) is 12.1 Å². The number of hydrogen-bond donors (Lipinski definition) is 0. The van der Waals surface area contributed by atoms with E-state index in [9.17, 15) is 0 Å². The molecule has 0 atom stereocenters. The minimum absolute atomic E-state index is 0.0934. The molecule has 2 aromatic rings. The Morgan fingerprint density at radius 2 is 1.04 bits per heavy atom. The smallest absolute Gasteiger partial charge is 0.0109 e. The van der Waals surface area contributed by atoms with Gasteiger partial charge in [-0.2, -0.15) is 0 Å². The molecule has 0 amide bonds. The fourth-order valence-corrected chi connectivity index (χ4v) is 3.12. The third kappa shape index (κ3) is 3.91. The van der Waals surface area contributed by atoms with Crippen LogP contribution in [0.1, 0.15) is 79.0 Å². The molecule has 2 rings (SSSR count). The molecule has 0 saturated carbocycles. The fourth-order valence-electron chi connectivity index (χ4n) is 3.12. The number of hydrogen-bond acceptors (Lipinski definition) is 0. The van der Waals surface area contributed by atoms with E-state index in [0.717, 1.165) is 0 Å². The van der Waals surface area contributed by atoms with Crippen LogP contribution in [0, 0.1) is 6.07 Å². The second-order valence-corrected chi connectivity index (χ2v) is 9.99. The summed E-state index contributed by atoms with van der Waals surface area (Å²) < 4.78 is 0.